The lowest BCUT2D eigenvalue weighted by Gasteiger charge is -2.11. The van der Waals surface area contributed by atoms with Crippen molar-refractivity contribution in [3.63, 3.8) is 0 Å². The molecule has 1 aromatic heterocycles. The molecule has 2 amide bonds. The van der Waals surface area contributed by atoms with E-state index in [1.807, 2.05) is 39.0 Å². The number of aryl methyl sites for hydroxylation is 1. The molecule has 0 bridgehead atoms. The summed E-state index contributed by atoms with van der Waals surface area (Å²) in [7, 11) is 0. The lowest BCUT2D eigenvalue weighted by Crippen LogP contribution is -2.17. The number of hydrogen-bond donors (Lipinski definition) is 2. The highest BCUT2D eigenvalue weighted by molar-refractivity contribution is 6.31. The van der Waals surface area contributed by atoms with Crippen molar-refractivity contribution in [3.8, 4) is 0 Å². The Morgan fingerprint density at radius 3 is 1.96 bits per heavy atom. The van der Waals surface area contributed by atoms with Gasteiger partial charge in [0.1, 0.15) is 0 Å². The zero-order valence-corrected chi connectivity index (χ0v) is 16.6. The molecule has 2 aromatic carbocycles. The molecular weight excluding hydrogens is 374 g/mol. The third-order valence-corrected chi connectivity index (χ3v) is 5.04. The summed E-state index contributed by atoms with van der Waals surface area (Å²) in [5.74, 6) is -0.686. The molecule has 3 rings (SSSR count). The minimum Gasteiger partial charge on any atom is -0.322 e. The number of benzene rings is 2. The molecule has 0 aliphatic heterocycles. The van der Waals surface area contributed by atoms with Crippen LogP contribution in [-0.2, 0) is 0 Å². The van der Waals surface area contributed by atoms with Gasteiger partial charge in [-0.3, -0.25) is 14.6 Å². The summed E-state index contributed by atoms with van der Waals surface area (Å²) in [4.78, 5) is 29.2. The fourth-order valence-corrected chi connectivity index (χ4v) is 2.88. The average Bonchev–Trinajstić information content (AvgIpc) is 2.69. The fourth-order valence-electron chi connectivity index (χ4n) is 2.71. The molecule has 0 unspecified atom stereocenters. The predicted octanol–water partition coefficient (Wildman–Crippen LogP) is 5.16. The van der Waals surface area contributed by atoms with Gasteiger partial charge in [0.25, 0.3) is 11.8 Å². The van der Waals surface area contributed by atoms with Crippen LogP contribution in [0.4, 0.5) is 11.4 Å². The summed E-state index contributed by atoms with van der Waals surface area (Å²) < 4.78 is 0. The van der Waals surface area contributed by atoms with Crippen LogP contribution >= 0.6 is 11.6 Å². The highest BCUT2D eigenvalue weighted by atomic mass is 35.5. The zero-order valence-electron chi connectivity index (χ0n) is 15.8. The number of rotatable bonds is 4. The molecule has 6 heteroatoms. The minimum absolute atomic E-state index is 0.285. The number of halogens is 1. The number of amides is 2. The number of nitrogens with zero attached hydrogens (tertiary/aromatic N) is 1. The number of hydrogen-bond acceptors (Lipinski definition) is 3. The quantitative estimate of drug-likeness (QED) is 0.642. The lowest BCUT2D eigenvalue weighted by molar-refractivity contribution is 0.102. The van der Waals surface area contributed by atoms with E-state index in [1.165, 1.54) is 18.5 Å². The second kappa shape index (κ2) is 8.23. The van der Waals surface area contributed by atoms with E-state index in [0.29, 0.717) is 16.3 Å². The van der Waals surface area contributed by atoms with Crippen LogP contribution in [0.2, 0.25) is 5.02 Å². The third-order valence-electron chi connectivity index (χ3n) is 4.63. The second-order valence-corrected chi connectivity index (χ2v) is 6.94. The highest BCUT2D eigenvalue weighted by Gasteiger charge is 2.14. The standard InChI is InChI=1S/C22H20ClN3O2/c1-13-6-4-8-19(14(13)2)25-21(27)16-10-17(12-24-11-16)22(28)26-20-9-5-7-18(23)15(20)3/h4-12H,1-3H3,(H,25,27)(H,26,28). The van der Waals surface area contributed by atoms with Gasteiger partial charge in [0.05, 0.1) is 11.1 Å². The van der Waals surface area contributed by atoms with Gasteiger partial charge in [-0.1, -0.05) is 29.8 Å². The van der Waals surface area contributed by atoms with E-state index in [-0.39, 0.29) is 17.4 Å². The maximum absolute atomic E-state index is 12.6. The van der Waals surface area contributed by atoms with E-state index in [1.54, 1.807) is 18.2 Å². The van der Waals surface area contributed by atoms with Crippen LogP contribution in [-0.4, -0.2) is 16.8 Å². The maximum Gasteiger partial charge on any atom is 0.257 e. The van der Waals surface area contributed by atoms with E-state index < -0.39 is 0 Å². The Kier molecular flexibility index (Phi) is 5.76. The van der Waals surface area contributed by atoms with Crippen LogP contribution in [0, 0.1) is 20.8 Å². The summed E-state index contributed by atoms with van der Waals surface area (Å²) >= 11 is 6.09. The Bertz CT molecular complexity index is 983. The molecule has 0 aliphatic rings. The number of anilines is 2. The fraction of sp³-hybridized carbons (Fsp3) is 0.136. The number of nitrogens with one attached hydrogen (secondary N) is 2. The molecule has 0 spiro atoms. The molecule has 3 aromatic rings. The van der Waals surface area contributed by atoms with Crippen molar-refractivity contribution >= 4 is 34.8 Å². The van der Waals surface area contributed by atoms with E-state index in [9.17, 15) is 9.59 Å². The Morgan fingerprint density at radius 2 is 1.36 bits per heavy atom. The van der Waals surface area contributed by atoms with Gasteiger partial charge in [-0.2, -0.15) is 0 Å². The topological polar surface area (TPSA) is 71.1 Å². The summed E-state index contributed by atoms with van der Waals surface area (Å²) in [6.45, 7) is 5.75. The summed E-state index contributed by atoms with van der Waals surface area (Å²) in [5, 5.41) is 6.24. The Balaban J connectivity index is 1.79. The van der Waals surface area contributed by atoms with Crippen LogP contribution in [0.1, 0.15) is 37.4 Å². The third kappa shape index (κ3) is 4.21. The smallest absolute Gasteiger partial charge is 0.257 e. The van der Waals surface area contributed by atoms with Crippen LogP contribution in [0.15, 0.2) is 54.9 Å². The van der Waals surface area contributed by atoms with E-state index in [0.717, 1.165) is 22.4 Å². The molecule has 28 heavy (non-hydrogen) atoms. The summed E-state index contributed by atoms with van der Waals surface area (Å²) in [6, 6.07) is 12.5. The Hall–Kier alpha value is -3.18. The number of aromatic nitrogens is 1. The Labute approximate surface area is 168 Å². The number of carbonyl (C=O) groups excluding carboxylic acids is 2. The van der Waals surface area contributed by atoms with Crippen molar-refractivity contribution in [2.24, 2.45) is 0 Å². The first kappa shape index (κ1) is 19.6. The highest BCUT2D eigenvalue weighted by Crippen LogP contribution is 2.23. The van der Waals surface area contributed by atoms with Crippen LogP contribution in [0.3, 0.4) is 0 Å². The van der Waals surface area contributed by atoms with E-state index in [4.69, 9.17) is 11.6 Å². The normalized spacial score (nSPS) is 10.4. The van der Waals surface area contributed by atoms with Gasteiger partial charge in [0, 0.05) is 28.8 Å². The van der Waals surface area contributed by atoms with Crippen molar-refractivity contribution in [2.75, 3.05) is 10.6 Å². The van der Waals surface area contributed by atoms with Gasteiger partial charge in [-0.25, -0.2) is 0 Å². The predicted molar refractivity (Wildman–Crippen MR) is 112 cm³/mol. The largest absolute Gasteiger partial charge is 0.322 e. The molecule has 0 aliphatic carbocycles. The first-order valence-corrected chi connectivity index (χ1v) is 9.13. The van der Waals surface area contributed by atoms with E-state index in [2.05, 4.69) is 15.6 Å². The van der Waals surface area contributed by atoms with E-state index >= 15 is 0 Å². The van der Waals surface area contributed by atoms with Crippen molar-refractivity contribution < 1.29 is 9.59 Å². The number of carbonyl (C=O) groups is 2. The maximum atomic E-state index is 12.6. The summed E-state index contributed by atoms with van der Waals surface area (Å²) in [5.41, 5.74) is 4.78. The molecule has 0 radical (unpaired) electrons. The monoisotopic (exact) mass is 393 g/mol. The van der Waals surface area contributed by atoms with Crippen LogP contribution < -0.4 is 10.6 Å². The van der Waals surface area contributed by atoms with Crippen molar-refractivity contribution in [1.29, 1.82) is 0 Å². The van der Waals surface area contributed by atoms with Gasteiger partial charge >= 0.3 is 0 Å². The molecule has 0 saturated heterocycles. The number of pyridine rings is 1. The van der Waals surface area contributed by atoms with Crippen LogP contribution in [0.25, 0.3) is 0 Å². The molecule has 142 valence electrons. The van der Waals surface area contributed by atoms with Crippen LogP contribution in [0.5, 0.6) is 0 Å². The minimum atomic E-state index is -0.362. The average molecular weight is 394 g/mol. The molecule has 5 nitrogen and oxygen atoms in total. The molecular formula is C22H20ClN3O2. The molecule has 0 saturated carbocycles. The van der Waals surface area contributed by atoms with Gasteiger partial charge in [-0.15, -0.1) is 0 Å². The van der Waals surface area contributed by atoms with Gasteiger partial charge in [0.2, 0.25) is 0 Å². The molecule has 2 N–H and O–H groups in total. The molecule has 1 heterocycles. The zero-order chi connectivity index (χ0) is 20.3. The first-order valence-electron chi connectivity index (χ1n) is 8.76. The first-order chi connectivity index (χ1) is 13.4. The Morgan fingerprint density at radius 1 is 0.821 bits per heavy atom. The summed E-state index contributed by atoms with van der Waals surface area (Å²) in [6.07, 6.45) is 2.85. The molecule has 0 fully saturated rings. The van der Waals surface area contributed by atoms with Gasteiger partial charge in [-0.05, 0) is 61.7 Å². The SMILES string of the molecule is Cc1cccc(NC(=O)c2cncc(C(=O)Nc3cccc(Cl)c3C)c2)c1C. The van der Waals surface area contributed by atoms with Crippen molar-refractivity contribution in [3.05, 3.63) is 87.7 Å². The van der Waals surface area contributed by atoms with Gasteiger partial charge in [0.15, 0.2) is 0 Å². The second-order valence-electron chi connectivity index (χ2n) is 6.53. The van der Waals surface area contributed by atoms with Crippen molar-refractivity contribution in [2.45, 2.75) is 20.8 Å². The van der Waals surface area contributed by atoms with Gasteiger partial charge < -0.3 is 10.6 Å². The van der Waals surface area contributed by atoms with Crippen molar-refractivity contribution in [1.82, 2.24) is 4.98 Å². The molecule has 0 atom stereocenters. The lowest BCUT2D eigenvalue weighted by atomic mass is 10.1.